The monoisotopic (exact) mass is 480 g/mol. The first-order valence-corrected chi connectivity index (χ1v) is 11.5. The van der Waals surface area contributed by atoms with E-state index in [1.54, 1.807) is 12.1 Å². The van der Waals surface area contributed by atoms with Gasteiger partial charge in [-0.25, -0.2) is 9.37 Å². The number of carbonyl (C=O) groups is 1. The maximum atomic E-state index is 13.1. The van der Waals surface area contributed by atoms with Crippen molar-refractivity contribution < 1.29 is 19.0 Å². The van der Waals surface area contributed by atoms with E-state index in [0.29, 0.717) is 24.4 Å². The number of nitrogens with zero attached hydrogens (tertiary/aromatic N) is 3. The molecule has 184 valence electrons. The number of hydrogen-bond donors (Lipinski definition) is 2. The smallest absolute Gasteiger partial charge is 0.296 e. The summed E-state index contributed by atoms with van der Waals surface area (Å²) in [5, 5.41) is 13.0. The fourth-order valence-electron chi connectivity index (χ4n) is 4.22. The Labute approximate surface area is 203 Å². The molecule has 35 heavy (non-hydrogen) atoms. The lowest BCUT2D eigenvalue weighted by atomic mass is 9.98. The second kappa shape index (κ2) is 10.8. The Morgan fingerprint density at radius 1 is 1.14 bits per heavy atom. The van der Waals surface area contributed by atoms with E-state index in [1.165, 1.54) is 23.7 Å². The van der Waals surface area contributed by atoms with E-state index >= 15 is 0 Å². The van der Waals surface area contributed by atoms with Crippen LogP contribution in [0, 0.1) is 5.82 Å². The van der Waals surface area contributed by atoms with E-state index in [4.69, 9.17) is 4.74 Å². The summed E-state index contributed by atoms with van der Waals surface area (Å²) in [5.41, 5.74) is 0.737. The Balaban J connectivity index is 1.52. The van der Waals surface area contributed by atoms with E-state index in [-0.39, 0.29) is 30.2 Å². The predicted octanol–water partition coefficient (Wildman–Crippen LogP) is 2.91. The molecule has 0 bridgehead atoms. The first-order chi connectivity index (χ1) is 16.8. The van der Waals surface area contributed by atoms with Crippen molar-refractivity contribution in [2.45, 2.75) is 38.1 Å². The molecule has 2 N–H and O–H groups in total. The quantitative estimate of drug-likeness (QED) is 0.540. The summed E-state index contributed by atoms with van der Waals surface area (Å²) < 4.78 is 20.5. The van der Waals surface area contributed by atoms with Crippen molar-refractivity contribution in [2.75, 3.05) is 13.6 Å². The number of amides is 1. The van der Waals surface area contributed by atoms with Gasteiger partial charge in [-0.3, -0.25) is 19.1 Å². The molecule has 0 radical (unpaired) electrons. The molecule has 2 atom stereocenters. The summed E-state index contributed by atoms with van der Waals surface area (Å²) in [6.45, 7) is 1.32. The van der Waals surface area contributed by atoms with Gasteiger partial charge >= 0.3 is 0 Å². The van der Waals surface area contributed by atoms with Gasteiger partial charge in [0, 0.05) is 20.1 Å². The van der Waals surface area contributed by atoms with E-state index in [2.05, 4.69) is 15.2 Å². The van der Waals surface area contributed by atoms with E-state index in [1.807, 2.05) is 37.4 Å². The lowest BCUT2D eigenvalue weighted by molar-refractivity contribution is -0.0206. The SMILES string of the molecule is CN1CC[C@@H](OCc2ccccc2)C[C@H]1c1nc(C(=O)NCc2ccc(F)cc2)c(O)c(=O)n1C. The highest BCUT2D eigenvalue weighted by atomic mass is 19.1. The van der Waals surface area contributed by atoms with Crippen molar-refractivity contribution >= 4 is 5.91 Å². The number of rotatable bonds is 7. The van der Waals surface area contributed by atoms with Gasteiger partial charge in [-0.05, 0) is 43.1 Å². The van der Waals surface area contributed by atoms with Crippen LogP contribution >= 0.6 is 0 Å². The molecule has 1 aliphatic rings. The summed E-state index contributed by atoms with van der Waals surface area (Å²) in [6.07, 6.45) is 1.37. The van der Waals surface area contributed by atoms with Crippen LogP contribution in [0.3, 0.4) is 0 Å². The van der Waals surface area contributed by atoms with Crippen LogP contribution in [0.1, 0.15) is 46.3 Å². The number of benzene rings is 2. The van der Waals surface area contributed by atoms with Crippen LogP contribution in [-0.4, -0.2) is 45.2 Å². The Bertz CT molecular complexity index is 1230. The number of aromatic hydroxyl groups is 1. The minimum absolute atomic E-state index is 0.0436. The number of nitrogens with one attached hydrogen (secondary N) is 1. The molecule has 0 aliphatic carbocycles. The van der Waals surface area contributed by atoms with Crippen LogP contribution in [0.15, 0.2) is 59.4 Å². The maximum Gasteiger partial charge on any atom is 0.296 e. The summed E-state index contributed by atoms with van der Waals surface area (Å²) in [6, 6.07) is 15.3. The van der Waals surface area contributed by atoms with Gasteiger partial charge in [0.25, 0.3) is 11.5 Å². The van der Waals surface area contributed by atoms with E-state index < -0.39 is 17.2 Å². The average Bonchev–Trinajstić information content (AvgIpc) is 2.87. The number of ether oxygens (including phenoxy) is 1. The number of likely N-dealkylation sites (tertiary alicyclic amines) is 1. The van der Waals surface area contributed by atoms with Gasteiger partial charge in [0.2, 0.25) is 5.75 Å². The van der Waals surface area contributed by atoms with Gasteiger partial charge in [0.05, 0.1) is 18.8 Å². The Kier molecular flexibility index (Phi) is 7.57. The van der Waals surface area contributed by atoms with Crippen LogP contribution in [-0.2, 0) is 24.9 Å². The van der Waals surface area contributed by atoms with Gasteiger partial charge in [-0.1, -0.05) is 42.5 Å². The fraction of sp³-hybridized carbons (Fsp3) is 0.346. The lowest BCUT2D eigenvalue weighted by Crippen LogP contribution is -2.41. The largest absolute Gasteiger partial charge is 0.501 e. The van der Waals surface area contributed by atoms with Gasteiger partial charge in [-0.2, -0.15) is 0 Å². The average molecular weight is 481 g/mol. The van der Waals surface area contributed by atoms with Gasteiger partial charge in [0.15, 0.2) is 5.69 Å². The van der Waals surface area contributed by atoms with Crippen LogP contribution in [0.5, 0.6) is 5.75 Å². The highest BCUT2D eigenvalue weighted by molar-refractivity contribution is 5.94. The maximum absolute atomic E-state index is 13.1. The second-order valence-corrected chi connectivity index (χ2v) is 8.78. The molecule has 1 aliphatic heterocycles. The number of piperidine rings is 1. The molecule has 1 aromatic heterocycles. The van der Waals surface area contributed by atoms with Crippen molar-refractivity contribution in [1.82, 2.24) is 19.8 Å². The minimum Gasteiger partial charge on any atom is -0.501 e. The lowest BCUT2D eigenvalue weighted by Gasteiger charge is -2.37. The van der Waals surface area contributed by atoms with Crippen molar-refractivity contribution in [1.29, 1.82) is 0 Å². The molecular formula is C26H29FN4O4. The second-order valence-electron chi connectivity index (χ2n) is 8.78. The third-order valence-electron chi connectivity index (χ3n) is 6.33. The van der Waals surface area contributed by atoms with Gasteiger partial charge in [-0.15, -0.1) is 0 Å². The predicted molar refractivity (Wildman–Crippen MR) is 128 cm³/mol. The number of hydrogen-bond acceptors (Lipinski definition) is 6. The molecule has 8 nitrogen and oxygen atoms in total. The van der Waals surface area contributed by atoms with E-state index in [9.17, 15) is 19.1 Å². The molecule has 0 saturated carbocycles. The molecule has 1 saturated heterocycles. The van der Waals surface area contributed by atoms with Gasteiger partial charge in [0.1, 0.15) is 11.6 Å². The zero-order valence-corrected chi connectivity index (χ0v) is 19.8. The molecule has 1 amide bonds. The topological polar surface area (TPSA) is 96.7 Å². The highest BCUT2D eigenvalue weighted by Gasteiger charge is 2.32. The Hall–Kier alpha value is -3.56. The van der Waals surface area contributed by atoms with Crippen LogP contribution < -0.4 is 10.9 Å². The van der Waals surface area contributed by atoms with Crippen molar-refractivity contribution in [3.05, 3.63) is 93.4 Å². The van der Waals surface area contributed by atoms with Crippen LogP contribution in [0.2, 0.25) is 0 Å². The zero-order valence-electron chi connectivity index (χ0n) is 19.8. The molecule has 3 aromatic rings. The van der Waals surface area contributed by atoms with Crippen LogP contribution in [0.4, 0.5) is 4.39 Å². The minimum atomic E-state index is -0.705. The normalized spacial score (nSPS) is 18.4. The Morgan fingerprint density at radius 2 is 1.86 bits per heavy atom. The molecule has 1 fully saturated rings. The molecule has 2 heterocycles. The fourth-order valence-corrected chi connectivity index (χ4v) is 4.22. The van der Waals surface area contributed by atoms with Gasteiger partial charge < -0.3 is 15.2 Å². The highest BCUT2D eigenvalue weighted by Crippen LogP contribution is 2.31. The number of carbonyl (C=O) groups excluding carboxylic acids is 1. The third kappa shape index (κ3) is 5.75. The molecule has 4 rings (SSSR count). The Morgan fingerprint density at radius 3 is 2.57 bits per heavy atom. The molecule has 0 unspecified atom stereocenters. The summed E-state index contributed by atoms with van der Waals surface area (Å²) >= 11 is 0. The van der Waals surface area contributed by atoms with E-state index in [0.717, 1.165) is 18.5 Å². The molecular weight excluding hydrogens is 451 g/mol. The third-order valence-corrected chi connectivity index (χ3v) is 6.33. The molecule has 0 spiro atoms. The summed E-state index contributed by atoms with van der Waals surface area (Å²) in [7, 11) is 3.47. The standard InChI is InChI=1S/C26H29FN4O4/c1-30-13-12-20(35-16-18-6-4-3-5-7-18)14-21(30)24-29-22(23(32)26(34)31(24)2)25(33)28-15-17-8-10-19(27)11-9-17/h3-11,20-21,32H,12-16H2,1-2H3,(H,28,33)/t20-,21+/m1/s1. The molecule has 9 heteroatoms. The summed E-state index contributed by atoms with van der Waals surface area (Å²) in [5.74, 6) is -1.38. The molecule has 2 aromatic carbocycles. The van der Waals surface area contributed by atoms with Crippen molar-refractivity contribution in [3.63, 3.8) is 0 Å². The number of halogens is 1. The number of aromatic nitrogens is 2. The van der Waals surface area contributed by atoms with Crippen molar-refractivity contribution in [3.8, 4) is 5.75 Å². The first-order valence-electron chi connectivity index (χ1n) is 11.5. The first kappa shape index (κ1) is 24.6. The van der Waals surface area contributed by atoms with Crippen molar-refractivity contribution in [2.24, 2.45) is 7.05 Å². The van der Waals surface area contributed by atoms with Crippen LogP contribution in [0.25, 0.3) is 0 Å². The zero-order chi connectivity index (χ0) is 24.9. The summed E-state index contributed by atoms with van der Waals surface area (Å²) in [4.78, 5) is 32.1.